The smallest absolute Gasteiger partial charge is 0.345 e. The van der Waals surface area contributed by atoms with E-state index in [0.717, 1.165) is 36.5 Å². The van der Waals surface area contributed by atoms with E-state index in [1.165, 1.54) is 38.5 Å². The van der Waals surface area contributed by atoms with Crippen LogP contribution in [0.4, 0.5) is 0 Å². The van der Waals surface area contributed by atoms with Crippen molar-refractivity contribution in [2.45, 2.75) is 84.2 Å². The fraction of sp³-hybridized carbons (Fsp3) is 1.00. The van der Waals surface area contributed by atoms with Crippen LogP contribution in [0.15, 0.2) is 0 Å². The average molecular weight is 313 g/mol. The van der Waals surface area contributed by atoms with Gasteiger partial charge in [-0.1, -0.05) is 46.5 Å². The van der Waals surface area contributed by atoms with Crippen LogP contribution in [-0.4, -0.2) is 21.8 Å². The van der Waals surface area contributed by atoms with Gasteiger partial charge in [0.2, 0.25) is 0 Å². The summed E-state index contributed by atoms with van der Waals surface area (Å²) in [6, 6.07) is 0. The maximum absolute atomic E-state index is 6.59. The molecule has 21 heavy (non-hydrogen) atoms. The summed E-state index contributed by atoms with van der Waals surface area (Å²) in [5.74, 6) is 2.46. The molecule has 0 bridgehead atoms. The molecular weight excluding hydrogens is 276 g/mol. The molecule has 2 rings (SSSR count). The van der Waals surface area contributed by atoms with Gasteiger partial charge >= 0.3 is 8.56 Å². The van der Waals surface area contributed by atoms with Crippen LogP contribution in [-0.2, 0) is 8.85 Å². The molecular formula is C18H36O2Si. The second-order valence-corrected chi connectivity index (χ2v) is 11.1. The van der Waals surface area contributed by atoms with Gasteiger partial charge < -0.3 is 8.85 Å². The highest BCUT2D eigenvalue weighted by atomic mass is 28.4. The minimum atomic E-state index is -2.12. The van der Waals surface area contributed by atoms with Crippen LogP contribution in [0.2, 0.25) is 11.1 Å². The molecule has 2 saturated carbocycles. The maximum atomic E-state index is 6.59. The van der Waals surface area contributed by atoms with Crippen LogP contribution in [0.3, 0.4) is 0 Å². The highest BCUT2D eigenvalue weighted by Gasteiger charge is 2.57. The third-order valence-electron chi connectivity index (χ3n) is 6.09. The Bertz CT molecular complexity index is 296. The summed E-state index contributed by atoms with van der Waals surface area (Å²) in [4.78, 5) is 0. The lowest BCUT2D eigenvalue weighted by atomic mass is 9.90. The fourth-order valence-corrected chi connectivity index (χ4v) is 10.5. The van der Waals surface area contributed by atoms with Crippen LogP contribution < -0.4 is 0 Å². The summed E-state index contributed by atoms with van der Waals surface area (Å²) < 4.78 is 13.2. The van der Waals surface area contributed by atoms with Gasteiger partial charge in [0.05, 0.1) is 0 Å². The van der Waals surface area contributed by atoms with Crippen molar-refractivity contribution >= 4 is 8.56 Å². The van der Waals surface area contributed by atoms with E-state index >= 15 is 0 Å². The van der Waals surface area contributed by atoms with Crippen molar-refractivity contribution in [3.8, 4) is 0 Å². The van der Waals surface area contributed by atoms with Gasteiger partial charge in [-0.2, -0.15) is 0 Å². The van der Waals surface area contributed by atoms with Crippen LogP contribution in [0.25, 0.3) is 0 Å². The number of hydrogen-bond acceptors (Lipinski definition) is 2. The molecule has 0 N–H and O–H groups in total. The second kappa shape index (κ2) is 7.61. The van der Waals surface area contributed by atoms with Gasteiger partial charge in [0.1, 0.15) is 0 Å². The summed E-state index contributed by atoms with van der Waals surface area (Å²) in [5.41, 5.74) is 1.43. The van der Waals surface area contributed by atoms with Crippen molar-refractivity contribution in [1.29, 1.82) is 0 Å². The molecule has 0 aromatic rings. The van der Waals surface area contributed by atoms with Crippen molar-refractivity contribution in [3.05, 3.63) is 0 Å². The van der Waals surface area contributed by atoms with Gasteiger partial charge in [0.15, 0.2) is 0 Å². The van der Waals surface area contributed by atoms with Crippen LogP contribution >= 0.6 is 0 Å². The normalized spacial score (nSPS) is 37.9. The molecule has 2 aliphatic rings. The number of hydrogen-bond donors (Lipinski definition) is 0. The van der Waals surface area contributed by atoms with Gasteiger partial charge in [0, 0.05) is 24.3 Å². The first-order chi connectivity index (χ1) is 10.0. The van der Waals surface area contributed by atoms with Gasteiger partial charge in [-0.3, -0.25) is 0 Å². The van der Waals surface area contributed by atoms with E-state index in [9.17, 15) is 0 Å². The van der Waals surface area contributed by atoms with E-state index in [1.807, 2.05) is 0 Å². The number of rotatable bonds is 6. The van der Waals surface area contributed by atoms with E-state index in [0.29, 0.717) is 5.54 Å². The Kier molecular flexibility index (Phi) is 6.34. The predicted octanol–water partition coefficient (Wildman–Crippen LogP) is 5.52. The lowest BCUT2D eigenvalue weighted by molar-refractivity contribution is 0.139. The molecule has 2 nitrogen and oxygen atoms in total. The van der Waals surface area contributed by atoms with Gasteiger partial charge in [-0.15, -0.1) is 0 Å². The Morgan fingerprint density at radius 3 is 1.67 bits per heavy atom. The first-order valence-electron chi connectivity index (χ1n) is 9.33. The summed E-state index contributed by atoms with van der Waals surface area (Å²) in [6.45, 7) is 13.3. The lowest BCUT2D eigenvalue weighted by Gasteiger charge is -2.46. The molecule has 0 saturated heterocycles. The van der Waals surface area contributed by atoms with Gasteiger partial charge in [-0.05, 0) is 44.4 Å². The predicted molar refractivity (Wildman–Crippen MR) is 91.7 cm³/mol. The monoisotopic (exact) mass is 312 g/mol. The zero-order valence-corrected chi connectivity index (χ0v) is 15.9. The van der Waals surface area contributed by atoms with Crippen molar-refractivity contribution in [2.24, 2.45) is 17.8 Å². The zero-order valence-electron chi connectivity index (χ0n) is 14.9. The highest BCUT2D eigenvalue weighted by molar-refractivity contribution is 6.70. The molecule has 0 aliphatic heterocycles. The zero-order chi connectivity index (χ0) is 15.5. The largest absolute Gasteiger partial charge is 0.394 e. The summed E-state index contributed by atoms with van der Waals surface area (Å²) >= 11 is 0. The first kappa shape index (κ1) is 17.5. The van der Waals surface area contributed by atoms with Crippen LogP contribution in [0, 0.1) is 17.8 Å². The molecule has 0 radical (unpaired) electrons. The highest BCUT2D eigenvalue weighted by Crippen LogP contribution is 2.55. The quantitative estimate of drug-likeness (QED) is 0.601. The first-order valence-corrected chi connectivity index (χ1v) is 11.3. The standard InChI is InChI=1S/C18H36O2Si/c1-6-19-21(20-7-2,17-12-8-14(3)9-13-17)18-15(4)10-11-16(18)5/h14-18H,6-13H2,1-5H3. The van der Waals surface area contributed by atoms with Crippen molar-refractivity contribution in [2.75, 3.05) is 13.2 Å². The fourth-order valence-electron chi connectivity index (χ4n) is 5.09. The Morgan fingerprint density at radius 2 is 1.24 bits per heavy atom. The molecule has 0 aromatic heterocycles. The Labute approximate surface area is 133 Å². The molecule has 0 aromatic carbocycles. The Morgan fingerprint density at radius 1 is 0.762 bits per heavy atom. The Balaban J connectivity index is 2.27. The topological polar surface area (TPSA) is 18.5 Å². The molecule has 0 heterocycles. The molecule has 3 heteroatoms. The third kappa shape index (κ3) is 3.56. The molecule has 2 aliphatic carbocycles. The van der Waals surface area contributed by atoms with Crippen molar-refractivity contribution < 1.29 is 8.85 Å². The van der Waals surface area contributed by atoms with Gasteiger partial charge in [0.25, 0.3) is 0 Å². The molecule has 0 amide bonds. The second-order valence-electron chi connectivity index (χ2n) is 7.60. The molecule has 2 fully saturated rings. The summed E-state index contributed by atoms with van der Waals surface area (Å²) in [5, 5.41) is 0. The average Bonchev–Trinajstić information content (AvgIpc) is 2.79. The van der Waals surface area contributed by atoms with Crippen molar-refractivity contribution in [3.63, 3.8) is 0 Å². The minimum Gasteiger partial charge on any atom is -0.394 e. The SMILES string of the molecule is CCO[Si](OCC)(C1CCC(C)CC1)C1C(C)CCC1C. The van der Waals surface area contributed by atoms with E-state index in [2.05, 4.69) is 34.6 Å². The molecule has 0 spiro atoms. The molecule has 124 valence electrons. The van der Waals surface area contributed by atoms with E-state index in [-0.39, 0.29) is 0 Å². The summed E-state index contributed by atoms with van der Waals surface area (Å²) in [7, 11) is -2.12. The maximum Gasteiger partial charge on any atom is 0.345 e. The van der Waals surface area contributed by atoms with E-state index in [1.54, 1.807) is 0 Å². The molecule has 2 atom stereocenters. The van der Waals surface area contributed by atoms with Gasteiger partial charge in [-0.25, -0.2) is 0 Å². The van der Waals surface area contributed by atoms with Crippen molar-refractivity contribution in [1.82, 2.24) is 0 Å². The summed E-state index contributed by atoms with van der Waals surface area (Å²) in [6.07, 6.45) is 8.14. The van der Waals surface area contributed by atoms with Crippen LogP contribution in [0.1, 0.15) is 73.1 Å². The minimum absolute atomic E-state index is 0.704. The van der Waals surface area contributed by atoms with E-state index in [4.69, 9.17) is 8.85 Å². The Hall–Kier alpha value is 0.137. The van der Waals surface area contributed by atoms with Crippen LogP contribution in [0.5, 0.6) is 0 Å². The molecule has 2 unspecified atom stereocenters. The third-order valence-corrected chi connectivity index (χ3v) is 11.4. The van der Waals surface area contributed by atoms with E-state index < -0.39 is 8.56 Å². The lowest BCUT2D eigenvalue weighted by Crippen LogP contribution is -2.54.